The van der Waals surface area contributed by atoms with Crippen molar-refractivity contribution < 1.29 is 9.90 Å². The molecular weight excluding hydrogens is 472 g/mol. The number of hydrogen-bond acceptors (Lipinski definition) is 4. The molecule has 2 aromatic carbocycles. The monoisotopic (exact) mass is 492 g/mol. The second kappa shape index (κ2) is 8.20. The number of carbonyl (C=O) groups is 1. The van der Waals surface area contributed by atoms with E-state index in [9.17, 15) is 9.59 Å². The summed E-state index contributed by atoms with van der Waals surface area (Å²) in [6.07, 6.45) is 3.45. The standard InChI is InChI=1S/C24H21BrN4O3/c1-24(2,3)23-27-20-11-8-16(25)13-19(20)21(30)29(23)26-14-18-5-4-12-28(18)17-9-6-15(7-10-17)22(31)32/h4-14H,1-3H3,(H,31,32). The lowest BCUT2D eigenvalue weighted by Crippen LogP contribution is -2.29. The van der Waals surface area contributed by atoms with Crippen LogP contribution in [0.5, 0.6) is 0 Å². The number of aromatic carboxylic acids is 1. The van der Waals surface area contributed by atoms with Gasteiger partial charge in [-0.15, -0.1) is 0 Å². The molecule has 4 rings (SSSR count). The first-order chi connectivity index (χ1) is 15.1. The van der Waals surface area contributed by atoms with Crippen molar-refractivity contribution in [1.82, 2.24) is 14.2 Å². The lowest BCUT2D eigenvalue weighted by Gasteiger charge is -2.21. The molecule has 0 aliphatic rings. The topological polar surface area (TPSA) is 89.5 Å². The number of nitrogens with zero attached hydrogens (tertiary/aromatic N) is 4. The van der Waals surface area contributed by atoms with Gasteiger partial charge in [-0.2, -0.15) is 9.78 Å². The maximum absolute atomic E-state index is 13.3. The third-order valence-electron chi connectivity index (χ3n) is 4.96. The predicted octanol–water partition coefficient (Wildman–Crippen LogP) is 4.83. The highest BCUT2D eigenvalue weighted by Gasteiger charge is 2.23. The smallest absolute Gasteiger partial charge is 0.335 e. The number of carboxylic acids is 1. The van der Waals surface area contributed by atoms with Gasteiger partial charge >= 0.3 is 5.97 Å². The van der Waals surface area contributed by atoms with E-state index < -0.39 is 11.4 Å². The summed E-state index contributed by atoms with van der Waals surface area (Å²) in [6, 6.07) is 15.7. The molecule has 2 heterocycles. The summed E-state index contributed by atoms with van der Waals surface area (Å²) in [5, 5.41) is 14.1. The van der Waals surface area contributed by atoms with Crippen LogP contribution in [-0.2, 0) is 5.41 Å². The Kier molecular flexibility index (Phi) is 5.56. The van der Waals surface area contributed by atoms with Crippen LogP contribution in [0.25, 0.3) is 16.6 Å². The number of aromatic nitrogens is 3. The third kappa shape index (κ3) is 4.13. The third-order valence-corrected chi connectivity index (χ3v) is 5.45. The highest BCUT2D eigenvalue weighted by Crippen LogP contribution is 2.23. The number of carboxylic acid groups (broad SMARTS) is 1. The van der Waals surface area contributed by atoms with Gasteiger partial charge in [0.05, 0.1) is 28.4 Å². The minimum atomic E-state index is -0.977. The van der Waals surface area contributed by atoms with E-state index in [1.165, 1.54) is 4.68 Å². The van der Waals surface area contributed by atoms with E-state index in [1.54, 1.807) is 36.5 Å². The Morgan fingerprint density at radius 3 is 2.50 bits per heavy atom. The van der Waals surface area contributed by atoms with Crippen molar-refractivity contribution in [3.8, 4) is 5.69 Å². The summed E-state index contributed by atoms with van der Waals surface area (Å²) in [4.78, 5) is 29.1. The SMILES string of the molecule is CC(C)(C)c1nc2ccc(Br)cc2c(=O)n1N=Cc1cccn1-c1ccc(C(=O)O)cc1. The Morgan fingerprint density at radius 1 is 1.12 bits per heavy atom. The summed E-state index contributed by atoms with van der Waals surface area (Å²) in [5.41, 5.74) is 1.69. The van der Waals surface area contributed by atoms with E-state index in [4.69, 9.17) is 10.1 Å². The molecule has 32 heavy (non-hydrogen) atoms. The van der Waals surface area contributed by atoms with E-state index in [0.717, 1.165) is 15.9 Å². The zero-order valence-corrected chi connectivity index (χ0v) is 19.4. The Balaban J connectivity index is 1.82. The van der Waals surface area contributed by atoms with Gasteiger partial charge in [0.15, 0.2) is 0 Å². The largest absolute Gasteiger partial charge is 0.478 e. The first kappa shape index (κ1) is 21.7. The number of rotatable bonds is 4. The van der Waals surface area contributed by atoms with Crippen molar-refractivity contribution in [3.05, 3.63) is 92.7 Å². The van der Waals surface area contributed by atoms with Gasteiger partial charge in [0.25, 0.3) is 5.56 Å². The quantitative estimate of drug-likeness (QED) is 0.413. The van der Waals surface area contributed by atoms with E-state index in [2.05, 4.69) is 21.0 Å². The van der Waals surface area contributed by atoms with Crippen molar-refractivity contribution in [1.29, 1.82) is 0 Å². The molecule has 4 aromatic rings. The molecule has 0 saturated carbocycles. The number of fused-ring (bicyclic) bond motifs is 1. The molecule has 7 nitrogen and oxygen atoms in total. The van der Waals surface area contributed by atoms with Gasteiger partial charge in [-0.05, 0) is 54.6 Å². The first-order valence-electron chi connectivity index (χ1n) is 9.93. The van der Waals surface area contributed by atoms with E-state index in [-0.39, 0.29) is 11.1 Å². The molecule has 8 heteroatoms. The molecule has 0 aliphatic carbocycles. The maximum Gasteiger partial charge on any atom is 0.335 e. The molecule has 2 aromatic heterocycles. The van der Waals surface area contributed by atoms with Crippen molar-refractivity contribution in [2.24, 2.45) is 5.10 Å². The molecule has 0 fully saturated rings. The number of benzene rings is 2. The zero-order valence-electron chi connectivity index (χ0n) is 17.8. The molecule has 0 unspecified atom stereocenters. The molecule has 0 saturated heterocycles. The summed E-state index contributed by atoms with van der Waals surface area (Å²) in [5.74, 6) is -0.423. The Labute approximate surface area is 192 Å². The van der Waals surface area contributed by atoms with Crippen molar-refractivity contribution >= 4 is 39.0 Å². The molecule has 0 spiro atoms. The molecule has 0 aliphatic heterocycles. The number of halogens is 1. The Hall–Kier alpha value is -3.52. The highest BCUT2D eigenvalue weighted by atomic mass is 79.9. The van der Waals surface area contributed by atoms with E-state index >= 15 is 0 Å². The summed E-state index contributed by atoms with van der Waals surface area (Å²) < 4.78 is 4.00. The molecule has 0 amide bonds. The first-order valence-corrected chi connectivity index (χ1v) is 10.7. The fourth-order valence-electron chi connectivity index (χ4n) is 3.36. The van der Waals surface area contributed by atoms with Crippen LogP contribution in [-0.4, -0.2) is 31.5 Å². The van der Waals surface area contributed by atoms with Crippen LogP contribution in [0, 0.1) is 0 Å². The van der Waals surface area contributed by atoms with Crippen molar-refractivity contribution in [2.45, 2.75) is 26.2 Å². The molecule has 162 valence electrons. The lowest BCUT2D eigenvalue weighted by molar-refractivity contribution is 0.0697. The Bertz CT molecular complexity index is 1410. The minimum Gasteiger partial charge on any atom is -0.478 e. The van der Waals surface area contributed by atoms with Crippen LogP contribution < -0.4 is 5.56 Å². The second-order valence-electron chi connectivity index (χ2n) is 8.36. The van der Waals surface area contributed by atoms with Gasteiger partial charge in [0.1, 0.15) is 5.82 Å². The predicted molar refractivity (Wildman–Crippen MR) is 128 cm³/mol. The molecule has 0 bridgehead atoms. The molecule has 1 N–H and O–H groups in total. The van der Waals surface area contributed by atoms with Gasteiger partial charge in [0, 0.05) is 21.8 Å². The second-order valence-corrected chi connectivity index (χ2v) is 9.28. The summed E-state index contributed by atoms with van der Waals surface area (Å²) >= 11 is 3.41. The average molecular weight is 493 g/mol. The zero-order chi connectivity index (χ0) is 23.0. The average Bonchev–Trinajstić information content (AvgIpc) is 3.21. The van der Waals surface area contributed by atoms with Crippen LogP contribution in [0.3, 0.4) is 0 Å². The molecule has 0 atom stereocenters. The molecule has 0 radical (unpaired) electrons. The van der Waals surface area contributed by atoms with Gasteiger partial charge in [-0.25, -0.2) is 9.78 Å². The molecular formula is C24H21BrN4O3. The normalized spacial score (nSPS) is 12.0. The van der Waals surface area contributed by atoms with Crippen molar-refractivity contribution in [3.63, 3.8) is 0 Å². The van der Waals surface area contributed by atoms with Crippen LogP contribution in [0.4, 0.5) is 0 Å². The van der Waals surface area contributed by atoms with E-state index in [0.29, 0.717) is 16.7 Å². The minimum absolute atomic E-state index is 0.214. The summed E-state index contributed by atoms with van der Waals surface area (Å²) in [6.45, 7) is 5.95. The summed E-state index contributed by atoms with van der Waals surface area (Å²) in [7, 11) is 0. The fourth-order valence-corrected chi connectivity index (χ4v) is 3.72. The highest BCUT2D eigenvalue weighted by molar-refractivity contribution is 9.10. The van der Waals surface area contributed by atoms with Crippen LogP contribution >= 0.6 is 15.9 Å². The van der Waals surface area contributed by atoms with Gasteiger partial charge < -0.3 is 9.67 Å². The Morgan fingerprint density at radius 2 is 1.84 bits per heavy atom. The van der Waals surface area contributed by atoms with Crippen LogP contribution in [0.2, 0.25) is 0 Å². The van der Waals surface area contributed by atoms with Crippen LogP contribution in [0.1, 0.15) is 42.6 Å². The van der Waals surface area contributed by atoms with Gasteiger partial charge in [-0.3, -0.25) is 4.79 Å². The van der Waals surface area contributed by atoms with Crippen LogP contribution in [0.15, 0.2) is 75.2 Å². The number of hydrogen-bond donors (Lipinski definition) is 1. The maximum atomic E-state index is 13.3. The van der Waals surface area contributed by atoms with Gasteiger partial charge in [0.2, 0.25) is 0 Å². The van der Waals surface area contributed by atoms with Crippen molar-refractivity contribution in [2.75, 3.05) is 0 Å². The fraction of sp³-hybridized carbons (Fsp3) is 0.167. The van der Waals surface area contributed by atoms with Gasteiger partial charge in [-0.1, -0.05) is 36.7 Å². The van der Waals surface area contributed by atoms with E-state index in [1.807, 2.05) is 55.8 Å². The lowest BCUT2D eigenvalue weighted by atomic mass is 9.95.